The van der Waals surface area contributed by atoms with Crippen LogP contribution >= 0.6 is 0 Å². The molecule has 0 aliphatic heterocycles. The van der Waals surface area contributed by atoms with Crippen LogP contribution in [0.15, 0.2) is 24.3 Å². The maximum atomic E-state index is 11.0. The summed E-state index contributed by atoms with van der Waals surface area (Å²) in [6, 6.07) is 8.00. The smallest absolute Gasteiger partial charge is 0.233 e. The van der Waals surface area contributed by atoms with E-state index in [1.807, 2.05) is 45.0 Å². The lowest BCUT2D eigenvalue weighted by Gasteiger charge is -2.26. The van der Waals surface area contributed by atoms with E-state index in [2.05, 4.69) is 0 Å². The lowest BCUT2D eigenvalue weighted by molar-refractivity contribution is -0.220. The van der Waals surface area contributed by atoms with Gasteiger partial charge in [-0.2, -0.15) is 0 Å². The van der Waals surface area contributed by atoms with Crippen LogP contribution < -0.4 is 0 Å². The van der Waals surface area contributed by atoms with Crippen molar-refractivity contribution in [3.8, 4) is 0 Å². The SMILES string of the molecule is CC(C)(C)ON(C=O)Cc1ccc(CCCO)cc1. The van der Waals surface area contributed by atoms with Crippen molar-refractivity contribution in [1.29, 1.82) is 0 Å². The molecule has 1 N–H and O–H groups in total. The van der Waals surface area contributed by atoms with Gasteiger partial charge in [0.1, 0.15) is 0 Å². The van der Waals surface area contributed by atoms with Gasteiger partial charge < -0.3 is 5.11 Å². The molecule has 0 atom stereocenters. The fourth-order valence-corrected chi connectivity index (χ4v) is 1.72. The van der Waals surface area contributed by atoms with E-state index in [4.69, 9.17) is 9.94 Å². The number of nitrogens with zero attached hydrogens (tertiary/aromatic N) is 1. The largest absolute Gasteiger partial charge is 0.396 e. The third kappa shape index (κ3) is 6.36. The summed E-state index contributed by atoms with van der Waals surface area (Å²) in [4.78, 5) is 16.5. The van der Waals surface area contributed by atoms with Gasteiger partial charge in [-0.25, -0.2) is 5.06 Å². The monoisotopic (exact) mass is 265 g/mol. The molecule has 0 bridgehead atoms. The highest BCUT2D eigenvalue weighted by molar-refractivity contribution is 5.45. The zero-order chi connectivity index (χ0) is 14.3. The van der Waals surface area contributed by atoms with Crippen LogP contribution in [0.25, 0.3) is 0 Å². The van der Waals surface area contributed by atoms with E-state index in [1.165, 1.54) is 10.6 Å². The molecule has 19 heavy (non-hydrogen) atoms. The van der Waals surface area contributed by atoms with Crippen LogP contribution in [-0.4, -0.2) is 28.8 Å². The van der Waals surface area contributed by atoms with Crippen LogP contribution in [0.1, 0.15) is 38.3 Å². The van der Waals surface area contributed by atoms with E-state index in [0.717, 1.165) is 18.4 Å². The lowest BCUT2D eigenvalue weighted by atomic mass is 10.1. The minimum Gasteiger partial charge on any atom is -0.396 e. The van der Waals surface area contributed by atoms with E-state index >= 15 is 0 Å². The van der Waals surface area contributed by atoms with E-state index in [-0.39, 0.29) is 12.2 Å². The molecule has 0 fully saturated rings. The first-order valence-corrected chi connectivity index (χ1v) is 6.54. The summed E-state index contributed by atoms with van der Waals surface area (Å²) >= 11 is 0. The molecule has 1 amide bonds. The van der Waals surface area contributed by atoms with Crippen LogP contribution in [0.5, 0.6) is 0 Å². The molecule has 0 spiro atoms. The second kappa shape index (κ2) is 7.26. The minimum atomic E-state index is -0.387. The molecule has 0 saturated carbocycles. The van der Waals surface area contributed by atoms with Gasteiger partial charge in [-0.1, -0.05) is 24.3 Å². The normalized spacial score (nSPS) is 11.4. The minimum absolute atomic E-state index is 0.208. The third-order valence-corrected chi connectivity index (χ3v) is 2.49. The van der Waals surface area contributed by atoms with Gasteiger partial charge in [0.05, 0.1) is 12.1 Å². The van der Waals surface area contributed by atoms with E-state index in [0.29, 0.717) is 13.0 Å². The van der Waals surface area contributed by atoms with Gasteiger partial charge in [0.15, 0.2) is 0 Å². The van der Waals surface area contributed by atoms with Gasteiger partial charge in [-0.05, 0) is 44.7 Å². The highest BCUT2D eigenvalue weighted by atomic mass is 16.7. The summed E-state index contributed by atoms with van der Waals surface area (Å²) in [7, 11) is 0. The fourth-order valence-electron chi connectivity index (χ4n) is 1.72. The number of carbonyl (C=O) groups excluding carboxylic acids is 1. The summed E-state index contributed by atoms with van der Waals surface area (Å²) in [6.45, 7) is 6.35. The molecule has 1 rings (SSSR count). The average molecular weight is 265 g/mol. The predicted molar refractivity (Wildman–Crippen MR) is 74.3 cm³/mol. The van der Waals surface area contributed by atoms with Crippen molar-refractivity contribution in [2.45, 2.75) is 45.8 Å². The first kappa shape index (κ1) is 15.7. The summed E-state index contributed by atoms with van der Waals surface area (Å²) in [5, 5.41) is 10.1. The Morgan fingerprint density at radius 3 is 2.26 bits per heavy atom. The van der Waals surface area contributed by atoms with E-state index in [9.17, 15) is 4.79 Å². The van der Waals surface area contributed by atoms with Crippen molar-refractivity contribution in [1.82, 2.24) is 5.06 Å². The number of carbonyl (C=O) groups is 1. The third-order valence-electron chi connectivity index (χ3n) is 2.49. The quantitative estimate of drug-likeness (QED) is 0.608. The number of benzene rings is 1. The first-order valence-electron chi connectivity index (χ1n) is 6.54. The highest BCUT2D eigenvalue weighted by Gasteiger charge is 2.16. The Labute approximate surface area is 114 Å². The zero-order valence-corrected chi connectivity index (χ0v) is 11.9. The predicted octanol–water partition coefficient (Wildman–Crippen LogP) is 2.30. The Morgan fingerprint density at radius 2 is 1.79 bits per heavy atom. The molecule has 1 aromatic rings. The van der Waals surface area contributed by atoms with Crippen molar-refractivity contribution in [3.05, 3.63) is 35.4 Å². The van der Waals surface area contributed by atoms with Gasteiger partial charge in [0.2, 0.25) is 6.41 Å². The molecule has 0 unspecified atom stereocenters. The Morgan fingerprint density at radius 1 is 1.21 bits per heavy atom. The number of rotatable bonds is 7. The molecule has 4 heteroatoms. The van der Waals surface area contributed by atoms with Gasteiger partial charge in [-0.15, -0.1) is 0 Å². The first-order chi connectivity index (χ1) is 8.94. The number of aryl methyl sites for hydroxylation is 1. The maximum absolute atomic E-state index is 11.0. The van der Waals surface area contributed by atoms with Crippen LogP contribution in [0, 0.1) is 0 Å². The number of hydroxylamine groups is 2. The highest BCUT2D eigenvalue weighted by Crippen LogP contribution is 2.13. The van der Waals surface area contributed by atoms with Gasteiger partial charge in [0, 0.05) is 6.61 Å². The Kier molecular flexibility index (Phi) is 5.99. The maximum Gasteiger partial charge on any atom is 0.233 e. The van der Waals surface area contributed by atoms with E-state index in [1.54, 1.807) is 0 Å². The van der Waals surface area contributed by atoms with Crippen molar-refractivity contribution in [2.24, 2.45) is 0 Å². The summed E-state index contributed by atoms with van der Waals surface area (Å²) in [5.41, 5.74) is 1.82. The Hall–Kier alpha value is -1.39. The molecule has 106 valence electrons. The summed E-state index contributed by atoms with van der Waals surface area (Å²) < 4.78 is 0. The van der Waals surface area contributed by atoms with Gasteiger partial charge in [0.25, 0.3) is 0 Å². The number of hydrogen-bond donors (Lipinski definition) is 1. The zero-order valence-electron chi connectivity index (χ0n) is 11.9. The van der Waals surface area contributed by atoms with Crippen LogP contribution in [-0.2, 0) is 22.6 Å². The molecule has 0 saturated heterocycles. The van der Waals surface area contributed by atoms with Crippen molar-refractivity contribution in [2.75, 3.05) is 6.61 Å². The molecule has 0 aliphatic carbocycles. The topological polar surface area (TPSA) is 49.8 Å². The molecule has 1 aromatic carbocycles. The molecular weight excluding hydrogens is 242 g/mol. The van der Waals surface area contributed by atoms with Crippen molar-refractivity contribution < 1.29 is 14.7 Å². The van der Waals surface area contributed by atoms with E-state index < -0.39 is 0 Å². The number of aliphatic hydroxyl groups is 1. The molecular formula is C15H23NO3. The average Bonchev–Trinajstić information content (AvgIpc) is 2.35. The van der Waals surface area contributed by atoms with Crippen molar-refractivity contribution in [3.63, 3.8) is 0 Å². The number of hydrogen-bond acceptors (Lipinski definition) is 3. The summed E-state index contributed by atoms with van der Waals surface area (Å²) in [6.07, 6.45) is 2.34. The Balaban J connectivity index is 2.58. The second-order valence-electron chi connectivity index (χ2n) is 5.53. The Bertz CT molecular complexity index is 381. The standard InChI is InChI=1S/C15H23NO3/c1-15(2,3)19-16(12-18)11-14-8-6-13(7-9-14)5-4-10-17/h6-9,12,17H,4-5,10-11H2,1-3H3. The van der Waals surface area contributed by atoms with Gasteiger partial charge in [-0.3, -0.25) is 9.63 Å². The molecule has 0 aromatic heterocycles. The van der Waals surface area contributed by atoms with Gasteiger partial charge >= 0.3 is 0 Å². The van der Waals surface area contributed by atoms with Crippen LogP contribution in [0.3, 0.4) is 0 Å². The molecule has 0 aliphatic rings. The number of aliphatic hydroxyl groups excluding tert-OH is 1. The number of amides is 1. The molecule has 4 nitrogen and oxygen atoms in total. The second-order valence-corrected chi connectivity index (χ2v) is 5.53. The van der Waals surface area contributed by atoms with Crippen molar-refractivity contribution >= 4 is 6.41 Å². The molecule has 0 radical (unpaired) electrons. The van der Waals surface area contributed by atoms with Crippen LogP contribution in [0.4, 0.5) is 0 Å². The summed E-state index contributed by atoms with van der Waals surface area (Å²) in [5.74, 6) is 0. The molecule has 0 heterocycles. The lowest BCUT2D eigenvalue weighted by Crippen LogP contribution is -2.32. The van der Waals surface area contributed by atoms with Crippen LogP contribution in [0.2, 0.25) is 0 Å². The fraction of sp³-hybridized carbons (Fsp3) is 0.533.